The van der Waals surface area contributed by atoms with Crippen molar-refractivity contribution in [3.63, 3.8) is 0 Å². The molecule has 1 N–H and O–H groups in total. The van der Waals surface area contributed by atoms with Crippen molar-refractivity contribution in [2.24, 2.45) is 0 Å². The molecule has 0 saturated heterocycles. The lowest BCUT2D eigenvalue weighted by Gasteiger charge is -2.05. The molecular formula is C15H15NO2S. The quantitative estimate of drug-likeness (QED) is 0.929. The van der Waals surface area contributed by atoms with Gasteiger partial charge in [-0.1, -0.05) is 6.07 Å². The van der Waals surface area contributed by atoms with E-state index < -0.39 is 0 Å². The van der Waals surface area contributed by atoms with Crippen molar-refractivity contribution in [1.29, 1.82) is 0 Å². The van der Waals surface area contributed by atoms with E-state index in [0.717, 1.165) is 29.2 Å². The topological polar surface area (TPSA) is 38.3 Å². The van der Waals surface area contributed by atoms with E-state index in [1.807, 2.05) is 30.3 Å². The Morgan fingerprint density at radius 3 is 3.00 bits per heavy atom. The molecule has 0 atom stereocenters. The molecule has 3 nitrogen and oxygen atoms in total. The number of thiophene rings is 1. The number of carbonyl (C=O) groups excluding carboxylic acids is 1. The van der Waals surface area contributed by atoms with Crippen LogP contribution in [0.2, 0.25) is 0 Å². The molecule has 0 radical (unpaired) electrons. The summed E-state index contributed by atoms with van der Waals surface area (Å²) < 4.78 is 5.14. The highest BCUT2D eigenvalue weighted by Crippen LogP contribution is 2.31. The average Bonchev–Trinajstić information content (AvgIpc) is 2.99. The maximum atomic E-state index is 12.2. The Hall–Kier alpha value is -1.81. The van der Waals surface area contributed by atoms with Crippen LogP contribution >= 0.6 is 11.3 Å². The molecule has 1 aromatic heterocycles. The van der Waals surface area contributed by atoms with E-state index in [0.29, 0.717) is 0 Å². The summed E-state index contributed by atoms with van der Waals surface area (Å²) in [5.41, 5.74) is 2.11. The summed E-state index contributed by atoms with van der Waals surface area (Å²) in [7, 11) is 1.62. The Balaban J connectivity index is 1.76. The van der Waals surface area contributed by atoms with Gasteiger partial charge in [-0.3, -0.25) is 4.79 Å². The number of anilines is 1. The van der Waals surface area contributed by atoms with Crippen molar-refractivity contribution in [3.05, 3.63) is 45.6 Å². The third-order valence-electron chi connectivity index (χ3n) is 3.30. The highest BCUT2D eigenvalue weighted by atomic mass is 32.1. The zero-order valence-corrected chi connectivity index (χ0v) is 11.5. The van der Waals surface area contributed by atoms with Crippen LogP contribution in [0.1, 0.15) is 26.5 Å². The maximum absolute atomic E-state index is 12.2. The normalized spacial score (nSPS) is 13.1. The van der Waals surface area contributed by atoms with Crippen LogP contribution in [0.15, 0.2) is 30.3 Å². The van der Waals surface area contributed by atoms with Gasteiger partial charge in [-0.15, -0.1) is 11.3 Å². The second-order valence-electron chi connectivity index (χ2n) is 4.60. The number of fused-ring (bicyclic) bond motifs is 1. The van der Waals surface area contributed by atoms with Gasteiger partial charge in [-0.2, -0.15) is 0 Å². The predicted molar refractivity (Wildman–Crippen MR) is 77.3 cm³/mol. The van der Waals surface area contributed by atoms with Gasteiger partial charge >= 0.3 is 0 Å². The number of carbonyl (C=O) groups is 1. The molecule has 1 aliphatic rings. The van der Waals surface area contributed by atoms with E-state index in [9.17, 15) is 4.79 Å². The summed E-state index contributed by atoms with van der Waals surface area (Å²) in [6.07, 6.45) is 3.45. The van der Waals surface area contributed by atoms with Gasteiger partial charge in [0.05, 0.1) is 12.0 Å². The molecule has 2 aromatic rings. The van der Waals surface area contributed by atoms with Gasteiger partial charge < -0.3 is 10.1 Å². The summed E-state index contributed by atoms with van der Waals surface area (Å²) in [5.74, 6) is 0.708. The largest absolute Gasteiger partial charge is 0.497 e. The molecular weight excluding hydrogens is 258 g/mol. The van der Waals surface area contributed by atoms with E-state index in [1.165, 1.54) is 16.9 Å². The minimum Gasteiger partial charge on any atom is -0.497 e. The summed E-state index contributed by atoms with van der Waals surface area (Å²) in [6.45, 7) is 0. The van der Waals surface area contributed by atoms with Crippen molar-refractivity contribution in [1.82, 2.24) is 0 Å². The summed E-state index contributed by atoms with van der Waals surface area (Å²) in [5, 5.41) is 2.91. The van der Waals surface area contributed by atoms with Crippen molar-refractivity contribution in [3.8, 4) is 5.75 Å². The maximum Gasteiger partial charge on any atom is 0.265 e. The molecule has 0 bridgehead atoms. The lowest BCUT2D eigenvalue weighted by atomic mass is 10.2. The zero-order valence-electron chi connectivity index (χ0n) is 10.7. The first-order chi connectivity index (χ1) is 9.26. The number of nitrogens with one attached hydrogen (secondary N) is 1. The van der Waals surface area contributed by atoms with Crippen molar-refractivity contribution in [2.45, 2.75) is 19.3 Å². The predicted octanol–water partition coefficient (Wildman–Crippen LogP) is 3.50. The Morgan fingerprint density at radius 1 is 1.32 bits per heavy atom. The third-order valence-corrected chi connectivity index (χ3v) is 4.53. The summed E-state index contributed by atoms with van der Waals surface area (Å²) in [4.78, 5) is 14.3. The first kappa shape index (κ1) is 12.2. The van der Waals surface area contributed by atoms with Crippen LogP contribution in [-0.4, -0.2) is 13.0 Å². The number of methoxy groups -OCH3 is 1. The molecule has 0 fully saturated rings. The molecule has 0 saturated carbocycles. The van der Waals surface area contributed by atoms with Crippen molar-refractivity contribution < 1.29 is 9.53 Å². The molecule has 98 valence electrons. The van der Waals surface area contributed by atoms with E-state index in [2.05, 4.69) is 5.32 Å². The molecule has 1 aliphatic carbocycles. The first-order valence-electron chi connectivity index (χ1n) is 6.33. The first-order valence-corrected chi connectivity index (χ1v) is 7.15. The number of rotatable bonds is 3. The number of amides is 1. The van der Waals surface area contributed by atoms with Crippen molar-refractivity contribution in [2.75, 3.05) is 12.4 Å². The van der Waals surface area contributed by atoms with Gasteiger partial charge in [-0.25, -0.2) is 0 Å². The molecule has 4 heteroatoms. The number of ether oxygens (including phenoxy) is 1. The van der Waals surface area contributed by atoms with Gasteiger partial charge in [0.2, 0.25) is 0 Å². The smallest absolute Gasteiger partial charge is 0.265 e. The van der Waals surface area contributed by atoms with Gasteiger partial charge in [0.1, 0.15) is 5.75 Å². The lowest BCUT2D eigenvalue weighted by Crippen LogP contribution is -2.10. The standard InChI is InChI=1S/C15H15NO2S/c1-18-12-6-3-5-11(9-12)16-15(17)14-8-10-4-2-7-13(10)19-14/h3,5-6,8-9H,2,4,7H2,1H3,(H,16,17). The van der Waals surface area contributed by atoms with Crippen LogP contribution in [0.4, 0.5) is 5.69 Å². The second kappa shape index (κ2) is 5.05. The number of benzene rings is 1. The fraction of sp³-hybridized carbons (Fsp3) is 0.267. The highest BCUT2D eigenvalue weighted by molar-refractivity contribution is 7.14. The lowest BCUT2D eigenvalue weighted by molar-refractivity contribution is 0.103. The molecule has 1 aromatic carbocycles. The minimum absolute atomic E-state index is 0.0346. The average molecular weight is 273 g/mol. The molecule has 0 spiro atoms. The zero-order chi connectivity index (χ0) is 13.2. The minimum atomic E-state index is -0.0346. The van der Waals surface area contributed by atoms with Gasteiger partial charge in [0.15, 0.2) is 0 Å². The summed E-state index contributed by atoms with van der Waals surface area (Å²) >= 11 is 1.62. The molecule has 3 rings (SSSR count). The SMILES string of the molecule is COc1cccc(NC(=O)c2cc3c(s2)CCC3)c1. The Bertz CT molecular complexity index is 597. The number of aryl methyl sites for hydroxylation is 2. The Labute approximate surface area is 116 Å². The van der Waals surface area contributed by atoms with Gasteiger partial charge in [0, 0.05) is 16.6 Å². The molecule has 0 unspecified atom stereocenters. The fourth-order valence-electron chi connectivity index (χ4n) is 2.33. The van der Waals surface area contributed by atoms with Crippen LogP contribution in [0.3, 0.4) is 0 Å². The Kier molecular flexibility index (Phi) is 3.25. The summed E-state index contributed by atoms with van der Waals surface area (Å²) in [6, 6.07) is 9.43. The molecule has 1 heterocycles. The van der Waals surface area contributed by atoms with E-state index in [-0.39, 0.29) is 5.91 Å². The molecule has 19 heavy (non-hydrogen) atoms. The van der Waals surface area contributed by atoms with Crippen molar-refractivity contribution >= 4 is 22.9 Å². The van der Waals surface area contributed by atoms with Gasteiger partial charge in [0.25, 0.3) is 5.91 Å². The van der Waals surface area contributed by atoms with E-state index in [1.54, 1.807) is 18.4 Å². The van der Waals surface area contributed by atoms with Crippen LogP contribution in [0.5, 0.6) is 5.75 Å². The van der Waals surface area contributed by atoms with Gasteiger partial charge in [-0.05, 0) is 43.0 Å². The third kappa shape index (κ3) is 2.49. The fourth-order valence-corrected chi connectivity index (χ4v) is 3.48. The highest BCUT2D eigenvalue weighted by Gasteiger charge is 2.18. The van der Waals surface area contributed by atoms with E-state index in [4.69, 9.17) is 4.74 Å². The number of hydrogen-bond donors (Lipinski definition) is 1. The van der Waals surface area contributed by atoms with E-state index >= 15 is 0 Å². The molecule has 1 amide bonds. The van der Waals surface area contributed by atoms with Crippen LogP contribution < -0.4 is 10.1 Å². The second-order valence-corrected chi connectivity index (χ2v) is 5.74. The Morgan fingerprint density at radius 2 is 2.21 bits per heavy atom. The molecule has 0 aliphatic heterocycles. The van der Waals surface area contributed by atoms with Crippen LogP contribution in [0.25, 0.3) is 0 Å². The van der Waals surface area contributed by atoms with Crippen LogP contribution in [0, 0.1) is 0 Å². The van der Waals surface area contributed by atoms with Crippen LogP contribution in [-0.2, 0) is 12.8 Å². The monoisotopic (exact) mass is 273 g/mol. The number of hydrogen-bond acceptors (Lipinski definition) is 3.